The third kappa shape index (κ3) is 2.50. The van der Waals surface area contributed by atoms with Crippen LogP contribution in [0.25, 0.3) is 5.57 Å². The fourth-order valence-corrected chi connectivity index (χ4v) is 5.67. The first-order chi connectivity index (χ1) is 10.8. The number of rotatable bonds is 3. The average molecular weight is 331 g/mol. The SMILES string of the molecule is C=C(C)C(/C=C1/c2ccc(C)c3c2C(C)(CC1C)C(F)S3)CC. The topological polar surface area (TPSA) is 0 Å². The molecule has 0 aromatic heterocycles. The molecule has 0 nitrogen and oxygen atoms in total. The number of hydrogen-bond donors (Lipinski definition) is 0. The lowest BCUT2D eigenvalue weighted by molar-refractivity contribution is 0.258. The minimum Gasteiger partial charge on any atom is -0.234 e. The number of halogens is 1. The van der Waals surface area contributed by atoms with Crippen molar-refractivity contribution >= 4 is 17.3 Å². The molecule has 1 aliphatic carbocycles. The first-order valence-electron chi connectivity index (χ1n) is 8.61. The van der Waals surface area contributed by atoms with Gasteiger partial charge < -0.3 is 0 Å². The third-order valence-corrected chi connectivity index (χ3v) is 7.16. The summed E-state index contributed by atoms with van der Waals surface area (Å²) in [4.78, 5) is 1.18. The predicted octanol–water partition coefficient (Wildman–Crippen LogP) is 6.68. The van der Waals surface area contributed by atoms with E-state index in [0.717, 1.165) is 12.8 Å². The lowest BCUT2D eigenvalue weighted by Gasteiger charge is -2.39. The molecule has 4 unspecified atom stereocenters. The summed E-state index contributed by atoms with van der Waals surface area (Å²) in [5.41, 5.74) is 5.18. The molecule has 2 heteroatoms. The van der Waals surface area contributed by atoms with Crippen LogP contribution in [-0.2, 0) is 5.41 Å². The van der Waals surface area contributed by atoms with Crippen molar-refractivity contribution in [2.75, 3.05) is 0 Å². The monoisotopic (exact) mass is 330 g/mol. The Bertz CT molecular complexity index is 687. The van der Waals surface area contributed by atoms with E-state index in [-0.39, 0.29) is 5.41 Å². The molecule has 0 bridgehead atoms. The van der Waals surface area contributed by atoms with Gasteiger partial charge in [-0.15, -0.1) is 0 Å². The van der Waals surface area contributed by atoms with Crippen LogP contribution in [0.3, 0.4) is 0 Å². The van der Waals surface area contributed by atoms with Gasteiger partial charge in [0.15, 0.2) is 5.50 Å². The summed E-state index contributed by atoms with van der Waals surface area (Å²) in [6, 6.07) is 4.38. The van der Waals surface area contributed by atoms with Crippen LogP contribution >= 0.6 is 11.8 Å². The molecule has 1 heterocycles. The van der Waals surface area contributed by atoms with E-state index in [1.165, 1.54) is 44.5 Å². The Balaban J connectivity index is 2.21. The van der Waals surface area contributed by atoms with Crippen LogP contribution in [0.4, 0.5) is 4.39 Å². The second-order valence-corrected chi connectivity index (χ2v) is 8.63. The van der Waals surface area contributed by atoms with E-state index in [1.54, 1.807) is 0 Å². The van der Waals surface area contributed by atoms with Crippen LogP contribution in [-0.4, -0.2) is 5.50 Å². The number of benzene rings is 1. The van der Waals surface area contributed by atoms with Gasteiger partial charge in [0.25, 0.3) is 0 Å². The van der Waals surface area contributed by atoms with Crippen LogP contribution in [0.15, 0.2) is 35.3 Å². The maximum absolute atomic E-state index is 14.8. The van der Waals surface area contributed by atoms with Crippen LogP contribution < -0.4 is 0 Å². The molecule has 1 aromatic carbocycles. The highest BCUT2D eigenvalue weighted by Crippen LogP contribution is 2.60. The molecule has 4 atom stereocenters. The van der Waals surface area contributed by atoms with Crippen molar-refractivity contribution in [1.82, 2.24) is 0 Å². The van der Waals surface area contributed by atoms with Gasteiger partial charge in [0, 0.05) is 10.3 Å². The molecule has 0 amide bonds. The minimum absolute atomic E-state index is 0.344. The van der Waals surface area contributed by atoms with Crippen molar-refractivity contribution in [2.24, 2.45) is 11.8 Å². The van der Waals surface area contributed by atoms with Crippen LogP contribution in [0.2, 0.25) is 0 Å². The predicted molar refractivity (Wildman–Crippen MR) is 99.6 cm³/mol. The number of alkyl halides is 1. The summed E-state index contributed by atoms with van der Waals surface area (Å²) in [5, 5.41) is 0. The molecule has 23 heavy (non-hydrogen) atoms. The summed E-state index contributed by atoms with van der Waals surface area (Å²) in [6.07, 6.45) is 4.36. The van der Waals surface area contributed by atoms with E-state index in [4.69, 9.17) is 0 Å². The molecule has 0 saturated carbocycles. The first kappa shape index (κ1) is 16.8. The third-order valence-electron chi connectivity index (χ3n) is 5.67. The zero-order valence-electron chi connectivity index (χ0n) is 14.9. The molecular formula is C21H27FS. The summed E-state index contributed by atoms with van der Waals surface area (Å²) in [6.45, 7) is 14.9. The largest absolute Gasteiger partial charge is 0.234 e. The molecular weight excluding hydrogens is 303 g/mol. The van der Waals surface area contributed by atoms with E-state index in [2.05, 4.69) is 59.4 Å². The van der Waals surface area contributed by atoms with Gasteiger partial charge in [0.1, 0.15) is 0 Å². The molecule has 0 radical (unpaired) electrons. The highest BCUT2D eigenvalue weighted by molar-refractivity contribution is 8.00. The molecule has 0 saturated heterocycles. The summed E-state index contributed by atoms with van der Waals surface area (Å²) < 4.78 is 14.8. The molecule has 124 valence electrons. The maximum atomic E-state index is 14.8. The summed E-state index contributed by atoms with van der Waals surface area (Å²) >= 11 is 1.43. The van der Waals surface area contributed by atoms with Gasteiger partial charge in [0.2, 0.25) is 0 Å². The van der Waals surface area contributed by atoms with Crippen molar-refractivity contribution in [3.8, 4) is 0 Å². The molecule has 3 rings (SSSR count). The highest BCUT2D eigenvalue weighted by Gasteiger charge is 2.50. The number of allylic oxidation sites excluding steroid dienone is 3. The Kier molecular flexibility index (Phi) is 4.25. The molecule has 1 aromatic rings. The molecule has 2 aliphatic rings. The van der Waals surface area contributed by atoms with Crippen molar-refractivity contribution in [3.05, 3.63) is 47.1 Å². The van der Waals surface area contributed by atoms with Crippen molar-refractivity contribution < 1.29 is 4.39 Å². The molecule has 0 fully saturated rings. The minimum atomic E-state index is -0.829. The fraction of sp³-hybridized carbons (Fsp3) is 0.524. The Labute approximate surface area is 144 Å². The van der Waals surface area contributed by atoms with Crippen LogP contribution in [0, 0.1) is 18.8 Å². The van der Waals surface area contributed by atoms with Gasteiger partial charge in [0.05, 0.1) is 0 Å². The van der Waals surface area contributed by atoms with Gasteiger partial charge in [-0.05, 0) is 60.8 Å². The van der Waals surface area contributed by atoms with Gasteiger partial charge >= 0.3 is 0 Å². The number of hydrogen-bond acceptors (Lipinski definition) is 1. The lowest BCUT2D eigenvalue weighted by atomic mass is 9.65. The van der Waals surface area contributed by atoms with E-state index >= 15 is 0 Å². The van der Waals surface area contributed by atoms with E-state index in [1.807, 2.05) is 0 Å². The Hall–Kier alpha value is -1.02. The Morgan fingerprint density at radius 2 is 2.22 bits per heavy atom. The highest BCUT2D eigenvalue weighted by atomic mass is 32.2. The number of thioether (sulfide) groups is 1. The summed E-state index contributed by atoms with van der Waals surface area (Å²) in [7, 11) is 0. The van der Waals surface area contributed by atoms with E-state index in [0.29, 0.717) is 11.8 Å². The first-order valence-corrected chi connectivity index (χ1v) is 9.49. The lowest BCUT2D eigenvalue weighted by Crippen LogP contribution is -2.35. The zero-order chi connectivity index (χ0) is 16.9. The van der Waals surface area contributed by atoms with Crippen molar-refractivity contribution in [2.45, 2.75) is 63.3 Å². The Morgan fingerprint density at radius 3 is 2.83 bits per heavy atom. The van der Waals surface area contributed by atoms with Crippen LogP contribution in [0.1, 0.15) is 57.2 Å². The van der Waals surface area contributed by atoms with Crippen molar-refractivity contribution in [1.29, 1.82) is 0 Å². The molecule has 0 N–H and O–H groups in total. The fourth-order valence-electron chi connectivity index (χ4n) is 4.28. The van der Waals surface area contributed by atoms with Crippen LogP contribution in [0.5, 0.6) is 0 Å². The standard InChI is InChI=1S/C21H27FS/c1-7-15(12(2)3)10-17-14(5)11-21(6)18-16(17)9-8-13(4)19(18)23-20(21)22/h8-10,14-15,20H,2,7,11H2,1,3-6H3/b17-10+. The molecule has 1 aliphatic heterocycles. The zero-order valence-corrected chi connectivity index (χ0v) is 15.7. The van der Waals surface area contributed by atoms with E-state index < -0.39 is 5.50 Å². The van der Waals surface area contributed by atoms with Gasteiger partial charge in [-0.1, -0.05) is 62.9 Å². The maximum Gasteiger partial charge on any atom is 0.159 e. The summed E-state index contributed by atoms with van der Waals surface area (Å²) in [5.74, 6) is 0.789. The smallest absolute Gasteiger partial charge is 0.159 e. The second kappa shape index (κ2) is 5.81. The van der Waals surface area contributed by atoms with Gasteiger partial charge in [-0.2, -0.15) is 0 Å². The van der Waals surface area contributed by atoms with E-state index in [9.17, 15) is 4.39 Å². The average Bonchev–Trinajstić information content (AvgIpc) is 2.74. The number of aryl methyl sites for hydroxylation is 1. The Morgan fingerprint density at radius 1 is 1.52 bits per heavy atom. The quantitative estimate of drug-likeness (QED) is 0.557. The second-order valence-electron chi connectivity index (χ2n) is 7.57. The van der Waals surface area contributed by atoms with Crippen molar-refractivity contribution in [3.63, 3.8) is 0 Å². The normalized spacial score (nSPS) is 32.0. The van der Waals surface area contributed by atoms with Gasteiger partial charge in [-0.3, -0.25) is 0 Å². The molecule has 0 spiro atoms. The van der Waals surface area contributed by atoms with Gasteiger partial charge in [-0.25, -0.2) is 4.39 Å².